The Morgan fingerprint density at radius 1 is 1.06 bits per heavy atom. The van der Waals surface area contributed by atoms with Crippen molar-refractivity contribution in [2.45, 2.75) is 26.8 Å². The minimum absolute atomic E-state index is 0.0949. The summed E-state index contributed by atoms with van der Waals surface area (Å²) in [6.45, 7) is 5.70. The van der Waals surface area contributed by atoms with Gasteiger partial charge in [-0.25, -0.2) is 9.97 Å². The molecule has 0 radical (unpaired) electrons. The molecule has 0 amide bonds. The summed E-state index contributed by atoms with van der Waals surface area (Å²) in [6, 6.07) is 13.0. The van der Waals surface area contributed by atoms with Gasteiger partial charge in [0.15, 0.2) is 5.78 Å². The van der Waals surface area contributed by atoms with Crippen LogP contribution < -0.4 is 15.2 Å². The predicted octanol–water partition coefficient (Wildman–Crippen LogP) is 5.26. The Kier molecular flexibility index (Phi) is 5.33. The number of carbonyl (C=O) groups is 1. The summed E-state index contributed by atoms with van der Waals surface area (Å²) < 4.78 is 13.3. The van der Waals surface area contributed by atoms with Crippen LogP contribution in [0.2, 0.25) is 0 Å². The third kappa shape index (κ3) is 3.82. The number of nitrogens with zero attached hydrogens (tertiary/aromatic N) is 3. The first kappa shape index (κ1) is 20.4. The van der Waals surface area contributed by atoms with E-state index in [9.17, 15) is 4.79 Å². The van der Waals surface area contributed by atoms with Gasteiger partial charge >= 0.3 is 0 Å². The zero-order chi connectivity index (χ0) is 22.1. The van der Waals surface area contributed by atoms with Gasteiger partial charge in [0.25, 0.3) is 0 Å². The van der Waals surface area contributed by atoms with Crippen molar-refractivity contribution < 1.29 is 14.3 Å². The van der Waals surface area contributed by atoms with E-state index in [1.54, 1.807) is 25.3 Å². The van der Waals surface area contributed by atoms with Gasteiger partial charge in [-0.2, -0.15) is 0 Å². The molecule has 0 fully saturated rings. The molecule has 0 aliphatic rings. The van der Waals surface area contributed by atoms with Crippen LogP contribution in [0.3, 0.4) is 0 Å². The second-order valence-electron chi connectivity index (χ2n) is 7.55. The first-order chi connectivity index (χ1) is 14.9. The van der Waals surface area contributed by atoms with Gasteiger partial charge in [0, 0.05) is 17.8 Å². The zero-order valence-electron chi connectivity index (χ0n) is 17.9. The average Bonchev–Trinajstić information content (AvgIpc) is 3.16. The van der Waals surface area contributed by atoms with Crippen molar-refractivity contribution in [3.8, 4) is 28.4 Å². The molecule has 0 saturated heterocycles. The van der Waals surface area contributed by atoms with Crippen molar-refractivity contribution in [1.29, 1.82) is 0 Å². The molecule has 158 valence electrons. The van der Waals surface area contributed by atoms with Crippen molar-refractivity contribution in [1.82, 2.24) is 14.5 Å². The fourth-order valence-electron chi connectivity index (χ4n) is 3.55. The maximum atomic E-state index is 12.0. The molecule has 2 heterocycles. The quantitative estimate of drug-likeness (QED) is 0.431. The molecule has 0 spiro atoms. The lowest BCUT2D eigenvalue weighted by atomic mass is 10.1. The fourth-order valence-corrected chi connectivity index (χ4v) is 3.55. The van der Waals surface area contributed by atoms with Crippen molar-refractivity contribution in [3.63, 3.8) is 0 Å². The average molecular weight is 416 g/mol. The lowest BCUT2D eigenvalue weighted by molar-refractivity contribution is 0.101. The Morgan fingerprint density at radius 3 is 2.42 bits per heavy atom. The number of carbonyl (C=O) groups excluding carboxylic acids is 1. The van der Waals surface area contributed by atoms with Crippen LogP contribution in [0.1, 0.15) is 37.2 Å². The van der Waals surface area contributed by atoms with Crippen molar-refractivity contribution in [3.05, 3.63) is 60.6 Å². The number of anilines is 1. The summed E-state index contributed by atoms with van der Waals surface area (Å²) in [6.07, 6.45) is 3.53. The Hall–Kier alpha value is -3.87. The van der Waals surface area contributed by atoms with Crippen LogP contribution in [0.4, 0.5) is 5.82 Å². The molecule has 0 aliphatic carbocycles. The number of ether oxygens (including phenoxy) is 2. The van der Waals surface area contributed by atoms with E-state index in [1.807, 2.05) is 30.5 Å². The van der Waals surface area contributed by atoms with Gasteiger partial charge in [-0.05, 0) is 56.7 Å². The minimum atomic E-state index is -0.0949. The molecule has 31 heavy (non-hydrogen) atoms. The van der Waals surface area contributed by atoms with Crippen LogP contribution in [0.15, 0.2) is 55.0 Å². The number of hydrogen-bond donors (Lipinski definition) is 1. The molecule has 0 aliphatic heterocycles. The number of ketones is 1. The molecule has 0 bridgehead atoms. The van der Waals surface area contributed by atoms with Crippen LogP contribution in [0.5, 0.6) is 17.2 Å². The molecule has 2 aromatic carbocycles. The monoisotopic (exact) mass is 416 g/mol. The summed E-state index contributed by atoms with van der Waals surface area (Å²) in [5.74, 6) is 2.06. The Morgan fingerprint density at radius 2 is 1.77 bits per heavy atom. The van der Waals surface area contributed by atoms with Gasteiger partial charge in [-0.1, -0.05) is 12.1 Å². The molecule has 7 heteroatoms. The van der Waals surface area contributed by atoms with Crippen LogP contribution in [0.25, 0.3) is 22.2 Å². The predicted molar refractivity (Wildman–Crippen MR) is 121 cm³/mol. The standard InChI is InChI=1S/C24H24N4O3/c1-14(2)28-12-20(22-23(25)26-13-27-24(22)28)16-5-7-17(8-6-16)31-21-10-9-18(30-4)11-19(21)15(3)29/h5-14H,1-4H3,(H2,25,26,27). The normalized spacial score (nSPS) is 11.1. The molecule has 4 aromatic rings. The Bertz CT molecular complexity index is 1260. The van der Waals surface area contributed by atoms with E-state index in [1.165, 1.54) is 13.3 Å². The summed E-state index contributed by atoms with van der Waals surface area (Å²) in [5, 5.41) is 0.832. The molecule has 0 unspecified atom stereocenters. The maximum absolute atomic E-state index is 12.0. The molecular formula is C24H24N4O3. The highest BCUT2D eigenvalue weighted by molar-refractivity contribution is 6.00. The van der Waals surface area contributed by atoms with Crippen LogP contribution in [-0.4, -0.2) is 27.4 Å². The van der Waals surface area contributed by atoms with Gasteiger partial charge in [-0.3, -0.25) is 4.79 Å². The molecule has 2 N–H and O–H groups in total. The van der Waals surface area contributed by atoms with Crippen molar-refractivity contribution >= 4 is 22.6 Å². The van der Waals surface area contributed by atoms with Gasteiger partial charge in [0.2, 0.25) is 0 Å². The highest BCUT2D eigenvalue weighted by Gasteiger charge is 2.17. The summed E-state index contributed by atoms with van der Waals surface area (Å²) in [7, 11) is 1.56. The second kappa shape index (κ2) is 8.10. The molecule has 4 rings (SSSR count). The number of fused-ring (bicyclic) bond motifs is 1. The number of benzene rings is 2. The van der Waals surface area contributed by atoms with Crippen molar-refractivity contribution in [2.24, 2.45) is 0 Å². The molecule has 0 atom stereocenters. The van der Waals surface area contributed by atoms with E-state index in [0.717, 1.165) is 22.2 Å². The smallest absolute Gasteiger partial charge is 0.163 e. The van der Waals surface area contributed by atoms with Crippen molar-refractivity contribution in [2.75, 3.05) is 12.8 Å². The van der Waals surface area contributed by atoms with E-state index in [0.29, 0.717) is 28.6 Å². The molecule has 2 aromatic heterocycles. The number of Topliss-reactive ketones (excluding diaryl/α,β-unsaturated/α-hetero) is 1. The first-order valence-corrected chi connectivity index (χ1v) is 9.97. The van der Waals surface area contributed by atoms with Gasteiger partial charge < -0.3 is 19.8 Å². The number of rotatable bonds is 6. The zero-order valence-corrected chi connectivity index (χ0v) is 17.9. The fraction of sp³-hybridized carbons (Fsp3) is 0.208. The van der Waals surface area contributed by atoms with Gasteiger partial charge in [0.1, 0.15) is 35.0 Å². The molecular weight excluding hydrogens is 392 g/mol. The lowest BCUT2D eigenvalue weighted by Crippen LogP contribution is -2.00. The van der Waals surface area contributed by atoms with E-state index in [-0.39, 0.29) is 11.8 Å². The second-order valence-corrected chi connectivity index (χ2v) is 7.55. The summed E-state index contributed by atoms with van der Waals surface area (Å²) in [4.78, 5) is 20.6. The number of hydrogen-bond acceptors (Lipinski definition) is 6. The maximum Gasteiger partial charge on any atom is 0.163 e. The highest BCUT2D eigenvalue weighted by Crippen LogP contribution is 2.36. The summed E-state index contributed by atoms with van der Waals surface area (Å²) in [5.41, 5.74) is 9.38. The van der Waals surface area contributed by atoms with E-state index in [2.05, 4.69) is 28.4 Å². The largest absolute Gasteiger partial charge is 0.497 e. The first-order valence-electron chi connectivity index (χ1n) is 9.97. The third-order valence-corrected chi connectivity index (χ3v) is 5.15. The van der Waals surface area contributed by atoms with Crippen LogP contribution in [-0.2, 0) is 0 Å². The number of nitrogens with two attached hydrogens (primary N) is 1. The number of aromatic nitrogens is 3. The highest BCUT2D eigenvalue weighted by atomic mass is 16.5. The third-order valence-electron chi connectivity index (χ3n) is 5.15. The van der Waals surface area contributed by atoms with E-state index < -0.39 is 0 Å². The topological polar surface area (TPSA) is 92.3 Å². The summed E-state index contributed by atoms with van der Waals surface area (Å²) >= 11 is 0. The molecule has 0 saturated carbocycles. The van der Waals surface area contributed by atoms with E-state index >= 15 is 0 Å². The van der Waals surface area contributed by atoms with Gasteiger partial charge in [0.05, 0.1) is 18.1 Å². The van der Waals surface area contributed by atoms with Crippen LogP contribution >= 0.6 is 0 Å². The van der Waals surface area contributed by atoms with E-state index in [4.69, 9.17) is 15.2 Å². The Labute approximate surface area is 180 Å². The Balaban J connectivity index is 1.70. The molecule has 7 nitrogen and oxygen atoms in total. The lowest BCUT2D eigenvalue weighted by Gasteiger charge is -2.11. The van der Waals surface area contributed by atoms with Crippen LogP contribution in [0, 0.1) is 0 Å². The number of nitrogen functional groups attached to an aromatic ring is 1. The van der Waals surface area contributed by atoms with Gasteiger partial charge in [-0.15, -0.1) is 0 Å². The SMILES string of the molecule is COc1ccc(Oc2ccc(-c3cn(C(C)C)c4ncnc(N)c34)cc2)c(C(C)=O)c1. The minimum Gasteiger partial charge on any atom is -0.497 e. The number of methoxy groups -OCH3 is 1.